The van der Waals surface area contributed by atoms with Gasteiger partial charge >= 0.3 is 5.97 Å². The minimum Gasteiger partial charge on any atom is -0.476 e. The van der Waals surface area contributed by atoms with Gasteiger partial charge in [-0.2, -0.15) is 10.4 Å². The number of nitriles is 1. The first kappa shape index (κ1) is 19.6. The highest BCUT2D eigenvalue weighted by Gasteiger charge is 2.18. The van der Waals surface area contributed by atoms with Gasteiger partial charge in [-0.05, 0) is 49.5 Å². The van der Waals surface area contributed by atoms with Crippen LogP contribution < -0.4 is 4.90 Å². The van der Waals surface area contributed by atoms with E-state index in [1.54, 1.807) is 12.1 Å². The molecule has 2 aromatic carbocycles. The molecular weight excluding hydrogens is 385 g/mol. The van der Waals surface area contributed by atoms with Gasteiger partial charge < -0.3 is 14.9 Å². The Morgan fingerprint density at radius 3 is 2.33 bits per heavy atom. The minimum absolute atomic E-state index is 0.0696. The zero-order valence-electron chi connectivity index (χ0n) is 16.4. The molecule has 2 heterocycles. The van der Waals surface area contributed by atoms with Crippen molar-refractivity contribution < 1.29 is 14.3 Å². The number of benzene rings is 2. The molecule has 1 fully saturated rings. The molecule has 3 aromatic rings. The molecule has 8 heteroatoms. The summed E-state index contributed by atoms with van der Waals surface area (Å²) in [5.74, 6) is -1.83. The third kappa shape index (κ3) is 3.75. The van der Waals surface area contributed by atoms with Crippen molar-refractivity contribution in [2.24, 2.45) is 0 Å². The molecule has 0 bridgehead atoms. The SMILES string of the molecule is CN1CCN(c2ccc(-n3nc(C(=O)O)cc3-c3ccc(C#N)c(F)c3)cc2)CC1. The van der Waals surface area contributed by atoms with Crippen LogP contribution in [-0.2, 0) is 0 Å². The van der Waals surface area contributed by atoms with Crippen molar-refractivity contribution in [1.29, 1.82) is 5.26 Å². The van der Waals surface area contributed by atoms with Crippen LogP contribution in [0.4, 0.5) is 10.1 Å². The molecule has 0 spiro atoms. The van der Waals surface area contributed by atoms with E-state index >= 15 is 0 Å². The van der Waals surface area contributed by atoms with Crippen LogP contribution in [0.3, 0.4) is 0 Å². The highest BCUT2D eigenvalue weighted by molar-refractivity contribution is 5.87. The molecule has 4 rings (SSSR count). The number of nitrogens with zero attached hydrogens (tertiary/aromatic N) is 5. The van der Waals surface area contributed by atoms with Crippen molar-refractivity contribution in [2.75, 3.05) is 38.1 Å². The highest BCUT2D eigenvalue weighted by atomic mass is 19.1. The number of piperazine rings is 1. The van der Waals surface area contributed by atoms with Crippen molar-refractivity contribution in [1.82, 2.24) is 14.7 Å². The lowest BCUT2D eigenvalue weighted by atomic mass is 10.1. The molecular formula is C22H20FN5O2. The predicted octanol–water partition coefficient (Wildman–Crippen LogP) is 3.00. The first-order chi connectivity index (χ1) is 14.5. The lowest BCUT2D eigenvalue weighted by Gasteiger charge is -2.34. The summed E-state index contributed by atoms with van der Waals surface area (Å²) in [6, 6.07) is 15.1. The van der Waals surface area contributed by atoms with E-state index in [1.807, 2.05) is 24.3 Å². The summed E-state index contributed by atoms with van der Waals surface area (Å²) < 4.78 is 15.6. The van der Waals surface area contributed by atoms with E-state index in [9.17, 15) is 14.3 Å². The van der Waals surface area contributed by atoms with Gasteiger partial charge in [0.05, 0.1) is 16.9 Å². The Morgan fingerprint density at radius 1 is 1.07 bits per heavy atom. The van der Waals surface area contributed by atoms with Gasteiger partial charge in [0, 0.05) is 37.4 Å². The van der Waals surface area contributed by atoms with Gasteiger partial charge in [-0.3, -0.25) is 0 Å². The fourth-order valence-corrected chi connectivity index (χ4v) is 3.52. The van der Waals surface area contributed by atoms with Crippen molar-refractivity contribution in [2.45, 2.75) is 0 Å². The maximum absolute atomic E-state index is 14.1. The molecule has 7 nitrogen and oxygen atoms in total. The number of halogens is 1. The van der Waals surface area contributed by atoms with Gasteiger partial charge in [0.15, 0.2) is 5.69 Å². The lowest BCUT2D eigenvalue weighted by molar-refractivity contribution is 0.0690. The Bertz CT molecular complexity index is 1130. The van der Waals surface area contributed by atoms with Gasteiger partial charge in [0.2, 0.25) is 0 Å². The molecule has 152 valence electrons. The van der Waals surface area contributed by atoms with Crippen LogP contribution in [0.5, 0.6) is 0 Å². The topological polar surface area (TPSA) is 85.4 Å². The smallest absolute Gasteiger partial charge is 0.356 e. The second-order valence-electron chi connectivity index (χ2n) is 7.24. The average Bonchev–Trinajstić information content (AvgIpc) is 3.20. The summed E-state index contributed by atoms with van der Waals surface area (Å²) >= 11 is 0. The van der Waals surface area contributed by atoms with E-state index in [4.69, 9.17) is 5.26 Å². The van der Waals surface area contributed by atoms with Gasteiger partial charge in [-0.25, -0.2) is 13.9 Å². The number of aromatic carboxylic acids is 1. The van der Waals surface area contributed by atoms with Crippen LogP contribution >= 0.6 is 0 Å². The summed E-state index contributed by atoms with van der Waals surface area (Å²) in [5.41, 5.74) is 2.42. The minimum atomic E-state index is -1.17. The molecule has 0 amide bonds. The number of hydrogen-bond donors (Lipinski definition) is 1. The Morgan fingerprint density at radius 2 is 1.73 bits per heavy atom. The first-order valence-electron chi connectivity index (χ1n) is 9.53. The zero-order chi connectivity index (χ0) is 21.3. The van der Waals surface area contributed by atoms with Crippen molar-refractivity contribution in [3.63, 3.8) is 0 Å². The van der Waals surface area contributed by atoms with Crippen molar-refractivity contribution >= 4 is 11.7 Å². The number of anilines is 1. The van der Waals surface area contributed by atoms with Crippen LogP contribution in [0, 0.1) is 17.1 Å². The third-order valence-electron chi connectivity index (χ3n) is 5.28. The monoisotopic (exact) mass is 405 g/mol. The molecule has 0 saturated carbocycles. The van der Waals surface area contributed by atoms with Crippen molar-refractivity contribution in [3.05, 3.63) is 65.6 Å². The van der Waals surface area contributed by atoms with Gasteiger partial charge in [0.1, 0.15) is 11.9 Å². The Labute approximate surface area is 173 Å². The fraction of sp³-hybridized carbons (Fsp3) is 0.227. The number of hydrogen-bond acceptors (Lipinski definition) is 5. The molecule has 1 N–H and O–H groups in total. The normalized spacial score (nSPS) is 14.5. The van der Waals surface area contributed by atoms with Gasteiger partial charge in [-0.1, -0.05) is 6.07 Å². The second kappa shape index (κ2) is 7.97. The molecule has 0 radical (unpaired) electrons. The quantitative estimate of drug-likeness (QED) is 0.718. The van der Waals surface area contributed by atoms with Crippen LogP contribution in [0.2, 0.25) is 0 Å². The van der Waals surface area contributed by atoms with Gasteiger partial charge in [0.25, 0.3) is 0 Å². The largest absolute Gasteiger partial charge is 0.476 e. The van der Waals surface area contributed by atoms with E-state index in [0.717, 1.165) is 31.9 Å². The molecule has 1 aromatic heterocycles. The van der Waals surface area contributed by atoms with Crippen LogP contribution in [0.25, 0.3) is 16.9 Å². The van der Waals surface area contributed by atoms with E-state index in [2.05, 4.69) is 21.9 Å². The molecule has 1 aliphatic rings. The van der Waals surface area contributed by atoms with E-state index < -0.39 is 11.8 Å². The summed E-state index contributed by atoms with van der Waals surface area (Å²) in [4.78, 5) is 16.1. The standard InChI is InChI=1S/C22H20FN5O2/c1-26-8-10-27(11-9-26)17-4-6-18(7-5-17)28-21(13-20(25-28)22(29)30)15-2-3-16(14-24)19(23)12-15/h2-7,12-13H,8-11H2,1H3,(H,29,30). The van der Waals surface area contributed by atoms with Crippen LogP contribution in [-0.4, -0.2) is 59.0 Å². The highest BCUT2D eigenvalue weighted by Crippen LogP contribution is 2.27. The number of aromatic nitrogens is 2. The zero-order valence-corrected chi connectivity index (χ0v) is 16.4. The summed E-state index contributed by atoms with van der Waals surface area (Å²) in [7, 11) is 2.10. The Hall–Kier alpha value is -3.70. The summed E-state index contributed by atoms with van der Waals surface area (Å²) in [6.07, 6.45) is 0. The van der Waals surface area contributed by atoms with Gasteiger partial charge in [-0.15, -0.1) is 0 Å². The van der Waals surface area contributed by atoms with E-state index in [-0.39, 0.29) is 11.3 Å². The maximum Gasteiger partial charge on any atom is 0.356 e. The molecule has 0 atom stereocenters. The number of likely N-dealkylation sites (N-methyl/N-ethyl adjacent to an activating group) is 1. The third-order valence-corrected chi connectivity index (χ3v) is 5.28. The number of rotatable bonds is 4. The molecule has 0 aliphatic carbocycles. The molecule has 1 saturated heterocycles. The number of carboxylic acids is 1. The number of carboxylic acid groups (broad SMARTS) is 1. The van der Waals surface area contributed by atoms with Crippen LogP contribution in [0.1, 0.15) is 16.1 Å². The average molecular weight is 405 g/mol. The predicted molar refractivity (Wildman–Crippen MR) is 110 cm³/mol. The van der Waals surface area contributed by atoms with E-state index in [1.165, 1.54) is 22.9 Å². The Kier molecular flexibility index (Phi) is 5.21. The summed E-state index contributed by atoms with van der Waals surface area (Å²) in [6.45, 7) is 3.88. The lowest BCUT2D eigenvalue weighted by Crippen LogP contribution is -2.44. The number of carbonyl (C=O) groups is 1. The fourth-order valence-electron chi connectivity index (χ4n) is 3.52. The van der Waals surface area contributed by atoms with Crippen LogP contribution in [0.15, 0.2) is 48.5 Å². The van der Waals surface area contributed by atoms with E-state index in [0.29, 0.717) is 16.9 Å². The second-order valence-corrected chi connectivity index (χ2v) is 7.24. The van der Waals surface area contributed by atoms with Crippen molar-refractivity contribution in [3.8, 4) is 23.0 Å². The Balaban J connectivity index is 1.71. The maximum atomic E-state index is 14.1. The summed E-state index contributed by atoms with van der Waals surface area (Å²) in [5, 5.41) is 22.5. The molecule has 0 unspecified atom stereocenters. The molecule has 1 aliphatic heterocycles. The first-order valence-corrected chi connectivity index (χ1v) is 9.53. The molecule has 30 heavy (non-hydrogen) atoms.